The first-order chi connectivity index (χ1) is 13.1. The summed E-state index contributed by atoms with van der Waals surface area (Å²) in [4.78, 5) is 14.1. The number of hydrogen-bond acceptors (Lipinski definition) is 4. The first-order valence-corrected chi connectivity index (χ1v) is 10.6. The van der Waals surface area contributed by atoms with Crippen LogP contribution in [0.2, 0.25) is 0 Å². The lowest BCUT2D eigenvalue weighted by molar-refractivity contribution is -0.120. The maximum absolute atomic E-state index is 12.4. The van der Waals surface area contributed by atoms with Crippen molar-refractivity contribution < 1.29 is 17.9 Å². The fourth-order valence-electron chi connectivity index (χ4n) is 2.39. The highest BCUT2D eigenvalue weighted by molar-refractivity contribution is 7.89. The third-order valence-corrected chi connectivity index (χ3v) is 5.87. The summed E-state index contributed by atoms with van der Waals surface area (Å²) in [6.07, 6.45) is 0. The molecule has 0 saturated carbocycles. The Morgan fingerprint density at radius 2 is 1.71 bits per heavy atom. The quantitative estimate of drug-likeness (QED) is 0.733. The molecule has 28 heavy (non-hydrogen) atoms. The van der Waals surface area contributed by atoms with Crippen LogP contribution in [-0.4, -0.2) is 34.5 Å². The van der Waals surface area contributed by atoms with Crippen molar-refractivity contribution in [2.24, 2.45) is 5.92 Å². The Kier molecular flexibility index (Phi) is 7.21. The Balaban J connectivity index is 1.97. The molecule has 0 aromatic heterocycles. The van der Waals surface area contributed by atoms with Crippen LogP contribution in [0.15, 0.2) is 47.4 Å². The summed E-state index contributed by atoms with van der Waals surface area (Å²) in [5, 5.41) is 0. The zero-order chi connectivity index (χ0) is 20.9. The van der Waals surface area contributed by atoms with Gasteiger partial charge >= 0.3 is 0 Å². The number of amides is 1. The van der Waals surface area contributed by atoms with E-state index in [2.05, 4.69) is 4.72 Å². The number of likely N-dealkylation sites (N-methyl/N-ethyl adjacent to an activating group) is 1. The van der Waals surface area contributed by atoms with Gasteiger partial charge in [0.1, 0.15) is 5.75 Å². The van der Waals surface area contributed by atoms with E-state index in [1.807, 2.05) is 45.9 Å². The molecule has 0 bridgehead atoms. The minimum atomic E-state index is -3.54. The molecule has 0 atom stereocenters. The van der Waals surface area contributed by atoms with Crippen LogP contribution in [0.4, 0.5) is 5.69 Å². The van der Waals surface area contributed by atoms with Crippen LogP contribution in [-0.2, 0) is 14.8 Å². The molecule has 152 valence electrons. The van der Waals surface area contributed by atoms with E-state index in [-0.39, 0.29) is 23.3 Å². The van der Waals surface area contributed by atoms with Crippen LogP contribution < -0.4 is 14.4 Å². The second-order valence-electron chi connectivity index (χ2n) is 7.23. The number of nitrogens with one attached hydrogen (secondary N) is 1. The molecule has 0 aliphatic carbocycles. The molecule has 2 rings (SSSR count). The normalized spacial score (nSPS) is 11.5. The van der Waals surface area contributed by atoms with Gasteiger partial charge in [0.25, 0.3) is 5.91 Å². The lowest BCUT2D eigenvalue weighted by Crippen LogP contribution is -2.31. The van der Waals surface area contributed by atoms with Gasteiger partial charge in [-0.3, -0.25) is 4.79 Å². The molecule has 0 heterocycles. The molecule has 0 unspecified atom stereocenters. The number of hydrogen-bond donors (Lipinski definition) is 1. The Labute approximate surface area is 167 Å². The molecule has 7 heteroatoms. The first-order valence-electron chi connectivity index (χ1n) is 9.16. The van der Waals surface area contributed by atoms with Gasteiger partial charge in [-0.25, -0.2) is 13.1 Å². The van der Waals surface area contributed by atoms with Gasteiger partial charge in [0.15, 0.2) is 6.61 Å². The lowest BCUT2D eigenvalue weighted by atomic mass is 10.1. The fraction of sp³-hybridized carbons (Fsp3) is 0.381. The van der Waals surface area contributed by atoms with Crippen molar-refractivity contribution in [2.45, 2.75) is 32.6 Å². The molecular weight excluding hydrogens is 376 g/mol. The number of rotatable bonds is 8. The van der Waals surface area contributed by atoms with Gasteiger partial charge in [-0.1, -0.05) is 19.9 Å². The Morgan fingerprint density at radius 3 is 2.29 bits per heavy atom. The first kappa shape index (κ1) is 21.9. The monoisotopic (exact) mass is 404 g/mol. The fourth-order valence-corrected chi connectivity index (χ4v) is 3.61. The number of anilines is 1. The molecule has 1 amide bonds. The molecule has 0 aliphatic rings. The van der Waals surface area contributed by atoms with E-state index in [1.165, 1.54) is 17.7 Å². The third-order valence-electron chi connectivity index (χ3n) is 4.43. The molecule has 6 nitrogen and oxygen atoms in total. The summed E-state index contributed by atoms with van der Waals surface area (Å²) in [5.41, 5.74) is 3.08. The van der Waals surface area contributed by atoms with Crippen LogP contribution in [0.1, 0.15) is 25.0 Å². The van der Waals surface area contributed by atoms with E-state index >= 15 is 0 Å². The lowest BCUT2D eigenvalue weighted by Gasteiger charge is -2.19. The molecule has 0 aliphatic heterocycles. The van der Waals surface area contributed by atoms with E-state index < -0.39 is 10.0 Å². The average Bonchev–Trinajstić information content (AvgIpc) is 2.66. The van der Waals surface area contributed by atoms with Crippen LogP contribution >= 0.6 is 0 Å². The predicted octanol–water partition coefficient (Wildman–Crippen LogP) is 3.28. The van der Waals surface area contributed by atoms with Crippen LogP contribution in [0.3, 0.4) is 0 Å². The zero-order valence-electron chi connectivity index (χ0n) is 17.0. The number of sulfonamides is 1. The van der Waals surface area contributed by atoms with Gasteiger partial charge in [-0.15, -0.1) is 0 Å². The minimum absolute atomic E-state index is 0.138. The van der Waals surface area contributed by atoms with Crippen molar-refractivity contribution in [2.75, 3.05) is 25.1 Å². The molecule has 2 aromatic rings. The summed E-state index contributed by atoms with van der Waals surface area (Å²) in [6, 6.07) is 11.9. The van der Waals surface area contributed by atoms with Crippen LogP contribution in [0.25, 0.3) is 0 Å². The van der Waals surface area contributed by atoms with E-state index in [0.29, 0.717) is 12.3 Å². The van der Waals surface area contributed by atoms with E-state index in [9.17, 15) is 13.2 Å². The SMILES string of the molecule is Cc1ccc(N(C)C(=O)COc2ccc(S(=O)(=O)NCC(C)C)cc2)cc1C. The third kappa shape index (κ3) is 5.81. The predicted molar refractivity (Wildman–Crippen MR) is 111 cm³/mol. The minimum Gasteiger partial charge on any atom is -0.484 e. The van der Waals surface area contributed by atoms with Crippen molar-refractivity contribution in [1.29, 1.82) is 0 Å². The summed E-state index contributed by atoms with van der Waals surface area (Å²) in [5.74, 6) is 0.459. The van der Waals surface area contributed by atoms with Crippen molar-refractivity contribution in [3.8, 4) is 5.75 Å². The van der Waals surface area contributed by atoms with Gasteiger partial charge in [-0.2, -0.15) is 0 Å². The van der Waals surface area contributed by atoms with Gasteiger partial charge in [-0.05, 0) is 67.3 Å². The maximum atomic E-state index is 12.4. The molecular formula is C21H28N2O4S. The van der Waals surface area contributed by atoms with E-state index in [1.54, 1.807) is 24.1 Å². The average molecular weight is 405 g/mol. The second kappa shape index (κ2) is 9.21. The summed E-state index contributed by atoms with van der Waals surface area (Å²) in [7, 11) is -1.84. The molecule has 0 radical (unpaired) electrons. The van der Waals surface area contributed by atoms with E-state index in [4.69, 9.17) is 4.74 Å². The molecule has 0 fully saturated rings. The Morgan fingerprint density at radius 1 is 1.07 bits per heavy atom. The topological polar surface area (TPSA) is 75.7 Å². The summed E-state index contributed by atoms with van der Waals surface area (Å²) in [6.45, 7) is 8.13. The van der Waals surface area contributed by atoms with Crippen molar-refractivity contribution in [3.05, 3.63) is 53.6 Å². The highest BCUT2D eigenvalue weighted by Gasteiger charge is 2.15. The second-order valence-corrected chi connectivity index (χ2v) is 8.99. The number of nitrogens with zero attached hydrogens (tertiary/aromatic N) is 1. The number of benzene rings is 2. The smallest absolute Gasteiger partial charge is 0.264 e. The van der Waals surface area contributed by atoms with Crippen molar-refractivity contribution >= 4 is 21.6 Å². The largest absolute Gasteiger partial charge is 0.484 e. The molecule has 1 N–H and O–H groups in total. The highest BCUT2D eigenvalue weighted by Crippen LogP contribution is 2.19. The Bertz CT molecular complexity index is 922. The Hall–Kier alpha value is -2.38. The van der Waals surface area contributed by atoms with Crippen LogP contribution in [0, 0.1) is 19.8 Å². The van der Waals surface area contributed by atoms with Crippen molar-refractivity contribution in [1.82, 2.24) is 4.72 Å². The molecule has 0 spiro atoms. The summed E-state index contributed by atoms with van der Waals surface area (Å²) < 4.78 is 32.5. The van der Waals surface area contributed by atoms with E-state index in [0.717, 1.165) is 11.3 Å². The zero-order valence-corrected chi connectivity index (χ0v) is 17.8. The van der Waals surface area contributed by atoms with Gasteiger partial charge in [0.05, 0.1) is 4.90 Å². The van der Waals surface area contributed by atoms with Gasteiger partial charge in [0.2, 0.25) is 10.0 Å². The number of carbonyl (C=O) groups is 1. The van der Waals surface area contributed by atoms with Crippen LogP contribution in [0.5, 0.6) is 5.75 Å². The summed E-state index contributed by atoms with van der Waals surface area (Å²) >= 11 is 0. The highest BCUT2D eigenvalue weighted by atomic mass is 32.2. The maximum Gasteiger partial charge on any atom is 0.264 e. The molecule has 0 saturated heterocycles. The standard InChI is InChI=1S/C21H28N2O4S/c1-15(2)13-22-28(25,26)20-10-8-19(9-11-20)27-14-21(24)23(5)18-7-6-16(3)17(4)12-18/h6-12,15,22H,13-14H2,1-5H3. The number of carbonyl (C=O) groups excluding carboxylic acids is 1. The van der Waals surface area contributed by atoms with Crippen molar-refractivity contribution in [3.63, 3.8) is 0 Å². The van der Waals surface area contributed by atoms with Gasteiger partial charge in [0, 0.05) is 19.3 Å². The molecule has 2 aromatic carbocycles. The number of aryl methyl sites for hydroxylation is 2. The number of ether oxygens (including phenoxy) is 1. The van der Waals surface area contributed by atoms with Gasteiger partial charge < -0.3 is 9.64 Å².